The van der Waals surface area contributed by atoms with Crippen molar-refractivity contribution in [2.75, 3.05) is 18.5 Å². The van der Waals surface area contributed by atoms with Crippen LogP contribution in [0.1, 0.15) is 37.7 Å². The van der Waals surface area contributed by atoms with Gasteiger partial charge in [0.05, 0.1) is 12.2 Å². The second kappa shape index (κ2) is 6.03. The van der Waals surface area contributed by atoms with Crippen molar-refractivity contribution in [1.82, 2.24) is 4.90 Å². The number of halogens is 3. The van der Waals surface area contributed by atoms with Gasteiger partial charge in [0.25, 0.3) is 0 Å². The summed E-state index contributed by atoms with van der Waals surface area (Å²) in [5.41, 5.74) is -0.918. The Morgan fingerprint density at radius 1 is 1.13 bits per heavy atom. The average Bonchev–Trinajstić information content (AvgIpc) is 2.91. The van der Waals surface area contributed by atoms with Gasteiger partial charge in [0.2, 0.25) is 0 Å². The lowest BCUT2D eigenvalue weighted by atomic mass is 9.91. The molecule has 0 bridgehead atoms. The summed E-state index contributed by atoms with van der Waals surface area (Å²) < 4.78 is 43.5. The third kappa shape index (κ3) is 3.29. The Balaban J connectivity index is 1.69. The first kappa shape index (κ1) is 16.1. The molecule has 1 saturated carbocycles. The molecule has 1 spiro atoms. The highest BCUT2D eigenvalue weighted by atomic mass is 19.4. The molecule has 2 aliphatic rings. The molecule has 1 N–H and O–H groups in total. The zero-order chi connectivity index (χ0) is 16.5. The number of rotatable bonds is 1. The summed E-state index contributed by atoms with van der Waals surface area (Å²) in [5, 5.41) is 2.67. The second-order valence-electron chi connectivity index (χ2n) is 6.01. The minimum absolute atomic E-state index is 0.316. The molecule has 0 aromatic heterocycles. The number of hydrogen-bond donors (Lipinski definition) is 1. The van der Waals surface area contributed by atoms with Crippen LogP contribution in [-0.4, -0.2) is 29.8 Å². The zero-order valence-electron chi connectivity index (χ0n) is 12.7. The van der Waals surface area contributed by atoms with Crippen LogP contribution in [0, 0.1) is 0 Å². The topological polar surface area (TPSA) is 41.6 Å². The first-order valence-corrected chi connectivity index (χ1v) is 7.81. The predicted molar refractivity (Wildman–Crippen MR) is 78.9 cm³/mol. The molecule has 0 radical (unpaired) electrons. The van der Waals surface area contributed by atoms with Gasteiger partial charge in [-0.1, -0.05) is 6.42 Å². The summed E-state index contributed by atoms with van der Waals surface area (Å²) in [6.45, 7) is 1.01. The quantitative estimate of drug-likeness (QED) is 0.838. The fraction of sp³-hybridized carbons (Fsp3) is 0.562. The van der Waals surface area contributed by atoms with Crippen LogP contribution in [0.5, 0.6) is 0 Å². The Hall–Kier alpha value is -1.76. The minimum atomic E-state index is -4.38. The van der Waals surface area contributed by atoms with Crippen molar-refractivity contribution in [1.29, 1.82) is 0 Å². The maximum atomic E-state index is 12.6. The normalized spacial score (nSPS) is 20.7. The van der Waals surface area contributed by atoms with Gasteiger partial charge in [-0.3, -0.25) is 4.90 Å². The molecule has 7 heteroatoms. The van der Waals surface area contributed by atoms with Crippen LogP contribution in [0.25, 0.3) is 0 Å². The molecule has 1 aromatic carbocycles. The number of alkyl halides is 3. The third-order valence-electron chi connectivity index (χ3n) is 4.52. The van der Waals surface area contributed by atoms with E-state index in [4.69, 9.17) is 4.74 Å². The Bertz CT molecular complexity index is 566. The summed E-state index contributed by atoms with van der Waals surface area (Å²) in [6, 6.07) is 4.15. The van der Waals surface area contributed by atoms with E-state index in [1.54, 1.807) is 4.90 Å². The molecule has 1 aliphatic carbocycles. The lowest BCUT2D eigenvalue weighted by Crippen LogP contribution is -2.51. The van der Waals surface area contributed by atoms with Crippen LogP contribution >= 0.6 is 0 Å². The number of hydrogen-bond acceptors (Lipinski definition) is 2. The van der Waals surface area contributed by atoms with E-state index in [1.807, 2.05) is 0 Å². The number of carbonyl (C=O) groups is 1. The van der Waals surface area contributed by atoms with Crippen LogP contribution in [0.3, 0.4) is 0 Å². The van der Waals surface area contributed by atoms with Gasteiger partial charge in [-0.2, -0.15) is 13.2 Å². The van der Waals surface area contributed by atoms with E-state index in [9.17, 15) is 18.0 Å². The van der Waals surface area contributed by atoms with Crippen molar-refractivity contribution in [3.63, 3.8) is 0 Å². The lowest BCUT2D eigenvalue weighted by Gasteiger charge is -2.39. The minimum Gasteiger partial charge on any atom is -0.354 e. The highest BCUT2D eigenvalue weighted by Crippen LogP contribution is 2.38. The molecule has 1 aliphatic heterocycles. The zero-order valence-corrected chi connectivity index (χ0v) is 12.7. The number of anilines is 1. The SMILES string of the molecule is O=C(Nc1ccc(C(F)(F)F)cc1)N1CCOC12CCCCC2. The molecule has 4 nitrogen and oxygen atoms in total. The van der Waals surface area contributed by atoms with E-state index in [0.717, 1.165) is 44.2 Å². The molecule has 0 unspecified atom stereocenters. The van der Waals surface area contributed by atoms with Crippen molar-refractivity contribution in [3.05, 3.63) is 29.8 Å². The Kier molecular flexibility index (Phi) is 4.23. The number of benzene rings is 1. The maximum absolute atomic E-state index is 12.6. The average molecular weight is 328 g/mol. The fourth-order valence-electron chi connectivity index (χ4n) is 3.35. The maximum Gasteiger partial charge on any atom is 0.416 e. The smallest absolute Gasteiger partial charge is 0.354 e. The molecule has 2 amide bonds. The first-order valence-electron chi connectivity index (χ1n) is 7.81. The molecule has 2 fully saturated rings. The molecular weight excluding hydrogens is 309 g/mol. The Morgan fingerprint density at radius 2 is 1.78 bits per heavy atom. The van der Waals surface area contributed by atoms with Gasteiger partial charge in [-0.25, -0.2) is 4.79 Å². The molecule has 23 heavy (non-hydrogen) atoms. The summed E-state index contributed by atoms with van der Waals surface area (Å²) in [7, 11) is 0. The van der Waals surface area contributed by atoms with Crippen LogP contribution in [0.4, 0.5) is 23.7 Å². The van der Waals surface area contributed by atoms with Crippen LogP contribution in [0.15, 0.2) is 24.3 Å². The van der Waals surface area contributed by atoms with E-state index in [2.05, 4.69) is 5.32 Å². The van der Waals surface area contributed by atoms with E-state index in [0.29, 0.717) is 18.8 Å². The van der Waals surface area contributed by atoms with Crippen LogP contribution in [-0.2, 0) is 10.9 Å². The highest BCUT2D eigenvalue weighted by molar-refractivity contribution is 5.90. The number of nitrogens with zero attached hydrogens (tertiary/aromatic N) is 1. The largest absolute Gasteiger partial charge is 0.416 e. The fourth-order valence-corrected chi connectivity index (χ4v) is 3.35. The van der Waals surface area contributed by atoms with Crippen molar-refractivity contribution >= 4 is 11.7 Å². The second-order valence-corrected chi connectivity index (χ2v) is 6.01. The van der Waals surface area contributed by atoms with Crippen molar-refractivity contribution in [2.24, 2.45) is 0 Å². The molecule has 0 atom stereocenters. The van der Waals surface area contributed by atoms with Gasteiger partial charge < -0.3 is 10.1 Å². The van der Waals surface area contributed by atoms with E-state index < -0.39 is 17.5 Å². The third-order valence-corrected chi connectivity index (χ3v) is 4.52. The molecule has 1 saturated heterocycles. The van der Waals surface area contributed by atoms with Gasteiger partial charge >= 0.3 is 12.2 Å². The highest BCUT2D eigenvalue weighted by Gasteiger charge is 2.45. The van der Waals surface area contributed by atoms with E-state index in [1.165, 1.54) is 12.1 Å². The summed E-state index contributed by atoms with van der Waals surface area (Å²) in [4.78, 5) is 14.2. The van der Waals surface area contributed by atoms with Gasteiger partial charge in [-0.05, 0) is 49.9 Å². The number of amides is 2. The van der Waals surface area contributed by atoms with Crippen molar-refractivity contribution < 1.29 is 22.7 Å². The Labute approximate surface area is 132 Å². The summed E-state index contributed by atoms with van der Waals surface area (Å²) >= 11 is 0. The molecule has 1 aromatic rings. The van der Waals surface area contributed by atoms with Crippen molar-refractivity contribution in [2.45, 2.75) is 44.0 Å². The molecule has 126 valence electrons. The first-order chi connectivity index (χ1) is 10.9. The summed E-state index contributed by atoms with van der Waals surface area (Å²) in [5.74, 6) is 0. The van der Waals surface area contributed by atoms with Gasteiger partial charge in [0.1, 0.15) is 5.72 Å². The monoisotopic (exact) mass is 328 g/mol. The number of carbonyl (C=O) groups excluding carboxylic acids is 1. The Morgan fingerprint density at radius 3 is 2.39 bits per heavy atom. The molecular formula is C16H19F3N2O2. The summed E-state index contributed by atoms with van der Waals surface area (Å²) in [6.07, 6.45) is 0.423. The van der Waals surface area contributed by atoms with Crippen LogP contribution in [0.2, 0.25) is 0 Å². The van der Waals surface area contributed by atoms with E-state index in [-0.39, 0.29) is 6.03 Å². The van der Waals surface area contributed by atoms with Crippen LogP contribution < -0.4 is 5.32 Å². The van der Waals surface area contributed by atoms with Gasteiger partial charge in [0.15, 0.2) is 0 Å². The predicted octanol–water partition coefficient (Wildman–Crippen LogP) is 4.23. The molecule has 3 rings (SSSR count). The number of nitrogens with one attached hydrogen (secondary N) is 1. The molecule has 1 heterocycles. The lowest BCUT2D eigenvalue weighted by molar-refractivity contribution is -0.137. The number of urea groups is 1. The number of ether oxygens (including phenoxy) is 1. The van der Waals surface area contributed by atoms with Gasteiger partial charge in [0, 0.05) is 12.2 Å². The standard InChI is InChI=1S/C16H19F3N2O2/c17-16(18,19)12-4-6-13(7-5-12)20-14(22)21-10-11-23-15(21)8-2-1-3-9-15/h4-7H,1-3,8-11H2,(H,20,22). The van der Waals surface area contributed by atoms with E-state index >= 15 is 0 Å². The van der Waals surface area contributed by atoms with Gasteiger partial charge in [-0.15, -0.1) is 0 Å². The van der Waals surface area contributed by atoms with Crippen molar-refractivity contribution in [3.8, 4) is 0 Å².